The number of carbonyl (C=O) groups excluding carboxylic acids is 1. The molecule has 0 atom stereocenters. The van der Waals surface area contributed by atoms with Crippen LogP contribution in [0.1, 0.15) is 5.56 Å². The Morgan fingerprint density at radius 2 is 1.65 bits per heavy atom. The molecule has 0 aliphatic heterocycles. The first-order valence-electron chi connectivity index (χ1n) is 5.07. The zero-order chi connectivity index (χ0) is 12.8. The van der Waals surface area contributed by atoms with Crippen LogP contribution in [0.3, 0.4) is 0 Å². The molecule has 0 aromatic heterocycles. The molecular weight excluding hydrogens is 224 g/mol. The molecule has 1 N–H and O–H groups in total. The van der Waals surface area contributed by atoms with E-state index in [1.54, 1.807) is 12.1 Å². The van der Waals surface area contributed by atoms with Crippen LogP contribution in [0.25, 0.3) is 0 Å². The Bertz CT molecular complexity index is 375. The van der Waals surface area contributed by atoms with Crippen LogP contribution in [0.2, 0.25) is 0 Å². The van der Waals surface area contributed by atoms with Gasteiger partial charge >= 0.3 is 0 Å². The van der Waals surface area contributed by atoms with Crippen molar-refractivity contribution in [1.29, 1.82) is 0 Å². The van der Waals surface area contributed by atoms with E-state index >= 15 is 0 Å². The summed E-state index contributed by atoms with van der Waals surface area (Å²) in [4.78, 5) is 11.2. The highest BCUT2D eigenvalue weighted by molar-refractivity contribution is 5.82. The van der Waals surface area contributed by atoms with Gasteiger partial charge in [-0.2, -0.15) is 0 Å². The molecule has 5 heteroatoms. The molecule has 0 radical (unpaired) electrons. The molecule has 0 aliphatic rings. The molecule has 0 amide bonds. The Hall–Kier alpha value is -1.75. The average Bonchev–Trinajstić information content (AvgIpc) is 2.37. The monoisotopic (exact) mass is 240 g/mol. The smallest absolute Gasteiger partial charge is 0.203 e. The lowest BCUT2D eigenvalue weighted by molar-refractivity contribution is -0.121. The normalized spacial score (nSPS) is 9.88. The summed E-state index contributed by atoms with van der Waals surface area (Å²) in [5.41, 5.74) is 0.707. The SMILES string of the molecule is COc1cc(CC(=O)CO)cc(OC)c1OC. The number of hydrogen-bond donors (Lipinski definition) is 1. The minimum Gasteiger partial charge on any atom is -0.493 e. The summed E-state index contributed by atoms with van der Waals surface area (Å²) >= 11 is 0. The Balaban J connectivity index is 3.13. The second-order valence-corrected chi connectivity index (χ2v) is 3.41. The predicted molar refractivity (Wildman–Crippen MR) is 61.9 cm³/mol. The van der Waals surface area contributed by atoms with Gasteiger partial charge in [-0.3, -0.25) is 4.79 Å². The molecule has 1 rings (SSSR count). The zero-order valence-corrected chi connectivity index (χ0v) is 10.1. The van der Waals surface area contributed by atoms with Gasteiger partial charge in [0.15, 0.2) is 17.3 Å². The van der Waals surface area contributed by atoms with Crippen LogP contribution in [0.15, 0.2) is 12.1 Å². The number of carbonyl (C=O) groups is 1. The van der Waals surface area contributed by atoms with Gasteiger partial charge in [-0.15, -0.1) is 0 Å². The molecule has 0 unspecified atom stereocenters. The van der Waals surface area contributed by atoms with E-state index < -0.39 is 6.61 Å². The number of ether oxygens (including phenoxy) is 3. The van der Waals surface area contributed by atoms with Crippen molar-refractivity contribution in [3.8, 4) is 17.2 Å². The molecule has 94 valence electrons. The maximum atomic E-state index is 11.2. The molecule has 17 heavy (non-hydrogen) atoms. The molecule has 1 aromatic rings. The minimum atomic E-state index is -0.476. The van der Waals surface area contributed by atoms with E-state index in [0.29, 0.717) is 22.8 Å². The van der Waals surface area contributed by atoms with Gasteiger partial charge in [0, 0.05) is 6.42 Å². The van der Waals surface area contributed by atoms with Gasteiger partial charge in [-0.05, 0) is 17.7 Å². The molecule has 0 aliphatic carbocycles. The van der Waals surface area contributed by atoms with Crippen LogP contribution in [0.4, 0.5) is 0 Å². The van der Waals surface area contributed by atoms with Crippen molar-refractivity contribution >= 4 is 5.78 Å². The molecule has 0 spiro atoms. The number of benzene rings is 1. The van der Waals surface area contributed by atoms with E-state index in [-0.39, 0.29) is 12.2 Å². The Kier molecular flexibility index (Phi) is 4.78. The van der Waals surface area contributed by atoms with Gasteiger partial charge in [0.2, 0.25) is 5.75 Å². The summed E-state index contributed by atoms with van der Waals surface area (Å²) in [5.74, 6) is 1.20. The molecular formula is C12H16O5. The fraction of sp³-hybridized carbons (Fsp3) is 0.417. The Morgan fingerprint density at radius 1 is 1.12 bits per heavy atom. The van der Waals surface area contributed by atoms with E-state index in [4.69, 9.17) is 19.3 Å². The lowest BCUT2D eigenvalue weighted by Gasteiger charge is -2.13. The fourth-order valence-corrected chi connectivity index (χ4v) is 1.52. The van der Waals surface area contributed by atoms with Crippen molar-refractivity contribution in [3.05, 3.63) is 17.7 Å². The molecule has 0 saturated heterocycles. The summed E-state index contributed by atoms with van der Waals surface area (Å²) in [6.07, 6.45) is 0.132. The molecule has 0 heterocycles. The van der Waals surface area contributed by atoms with Crippen LogP contribution < -0.4 is 14.2 Å². The second kappa shape index (κ2) is 6.10. The number of aliphatic hydroxyl groups excluding tert-OH is 1. The third-order valence-corrected chi connectivity index (χ3v) is 2.30. The highest BCUT2D eigenvalue weighted by Crippen LogP contribution is 2.38. The summed E-state index contributed by atoms with van der Waals surface area (Å²) in [5, 5.41) is 8.71. The van der Waals surface area contributed by atoms with Gasteiger partial charge < -0.3 is 19.3 Å². The van der Waals surface area contributed by atoms with Crippen LogP contribution in [-0.4, -0.2) is 38.8 Å². The maximum absolute atomic E-state index is 11.2. The van der Waals surface area contributed by atoms with Gasteiger partial charge in [0.25, 0.3) is 0 Å². The number of Topliss-reactive ketones (excluding diaryl/α,β-unsaturated/α-hetero) is 1. The van der Waals surface area contributed by atoms with Crippen LogP contribution in [-0.2, 0) is 11.2 Å². The maximum Gasteiger partial charge on any atom is 0.203 e. The average molecular weight is 240 g/mol. The van der Waals surface area contributed by atoms with Gasteiger partial charge in [-0.1, -0.05) is 0 Å². The Labute approximate surface area is 99.9 Å². The van der Waals surface area contributed by atoms with Crippen LogP contribution in [0.5, 0.6) is 17.2 Å². The topological polar surface area (TPSA) is 65.0 Å². The summed E-state index contributed by atoms with van der Waals surface area (Å²) in [6.45, 7) is -0.476. The lowest BCUT2D eigenvalue weighted by Crippen LogP contribution is -2.08. The van der Waals surface area contributed by atoms with Crippen molar-refractivity contribution in [1.82, 2.24) is 0 Å². The van der Waals surface area contributed by atoms with Crippen molar-refractivity contribution in [3.63, 3.8) is 0 Å². The second-order valence-electron chi connectivity index (χ2n) is 3.41. The standard InChI is InChI=1S/C12H16O5/c1-15-10-5-8(4-9(14)7-13)6-11(16-2)12(10)17-3/h5-6,13H,4,7H2,1-3H3. The quantitative estimate of drug-likeness (QED) is 0.797. The summed E-state index contributed by atoms with van der Waals surface area (Å²) in [7, 11) is 4.53. The molecule has 1 aromatic carbocycles. The highest BCUT2D eigenvalue weighted by atomic mass is 16.5. The fourth-order valence-electron chi connectivity index (χ4n) is 1.52. The number of rotatable bonds is 6. The van der Waals surface area contributed by atoms with E-state index in [9.17, 15) is 4.79 Å². The first-order chi connectivity index (χ1) is 8.15. The first kappa shape index (κ1) is 13.3. The van der Waals surface area contributed by atoms with Crippen molar-refractivity contribution in [2.45, 2.75) is 6.42 Å². The van der Waals surface area contributed by atoms with Crippen molar-refractivity contribution in [2.24, 2.45) is 0 Å². The summed E-state index contributed by atoms with van der Waals surface area (Å²) < 4.78 is 15.5. The van der Waals surface area contributed by atoms with Crippen molar-refractivity contribution in [2.75, 3.05) is 27.9 Å². The van der Waals surface area contributed by atoms with E-state index in [2.05, 4.69) is 0 Å². The van der Waals surface area contributed by atoms with Crippen LogP contribution in [0, 0.1) is 0 Å². The number of hydrogen-bond acceptors (Lipinski definition) is 5. The largest absolute Gasteiger partial charge is 0.493 e. The third kappa shape index (κ3) is 3.10. The van der Waals surface area contributed by atoms with E-state index in [0.717, 1.165) is 0 Å². The lowest BCUT2D eigenvalue weighted by atomic mass is 10.1. The van der Waals surface area contributed by atoms with Crippen molar-refractivity contribution < 1.29 is 24.1 Å². The zero-order valence-electron chi connectivity index (χ0n) is 10.1. The molecule has 0 saturated carbocycles. The Morgan fingerprint density at radius 3 is 2.00 bits per heavy atom. The number of ketones is 1. The van der Waals surface area contributed by atoms with Gasteiger partial charge in [-0.25, -0.2) is 0 Å². The highest BCUT2D eigenvalue weighted by Gasteiger charge is 2.14. The summed E-state index contributed by atoms with van der Waals surface area (Å²) in [6, 6.07) is 3.38. The molecule has 0 fully saturated rings. The van der Waals surface area contributed by atoms with Gasteiger partial charge in [0.05, 0.1) is 21.3 Å². The van der Waals surface area contributed by atoms with E-state index in [1.807, 2.05) is 0 Å². The first-order valence-corrected chi connectivity index (χ1v) is 5.07. The molecule has 5 nitrogen and oxygen atoms in total. The van der Waals surface area contributed by atoms with E-state index in [1.165, 1.54) is 21.3 Å². The minimum absolute atomic E-state index is 0.132. The van der Waals surface area contributed by atoms with Crippen LogP contribution >= 0.6 is 0 Å². The third-order valence-electron chi connectivity index (χ3n) is 2.30. The van der Waals surface area contributed by atoms with Gasteiger partial charge in [0.1, 0.15) is 6.61 Å². The number of methoxy groups -OCH3 is 3. The number of aliphatic hydroxyl groups is 1. The predicted octanol–water partition coefficient (Wildman–Crippen LogP) is 0.816. The molecule has 0 bridgehead atoms.